The zero-order valence-electron chi connectivity index (χ0n) is 17.7. The number of hydrogen-bond donors (Lipinski definition) is 1. The van der Waals surface area contributed by atoms with Gasteiger partial charge in [0.2, 0.25) is 11.8 Å². The number of halogens is 1. The van der Waals surface area contributed by atoms with Crippen molar-refractivity contribution in [3.8, 4) is 0 Å². The quantitative estimate of drug-likeness (QED) is 0.795. The first kappa shape index (κ1) is 22.1. The van der Waals surface area contributed by atoms with Crippen LogP contribution in [0.2, 0.25) is 5.02 Å². The largest absolute Gasteiger partial charge is 0.336 e. The van der Waals surface area contributed by atoms with Crippen LogP contribution in [0.15, 0.2) is 24.3 Å². The van der Waals surface area contributed by atoms with Crippen molar-refractivity contribution in [3.63, 3.8) is 0 Å². The first-order valence-electron chi connectivity index (χ1n) is 10.7. The van der Waals surface area contributed by atoms with Gasteiger partial charge in [0.1, 0.15) is 0 Å². The zero-order chi connectivity index (χ0) is 21.0. The standard InChI is InChI=1S/C22H33ClN4O2/c1-16-7-6-8-17(2)27(16)22(29)18(3)26-13-11-25(12-14-26)15-21(28)24-20-10-5-4-9-19(20)23/h4-5,9-10,16-18H,6-8,11-15H2,1-3H3,(H,24,28)/t16-,17+,18-/m1/s1. The van der Waals surface area contributed by atoms with Crippen molar-refractivity contribution in [2.75, 3.05) is 38.0 Å². The first-order chi connectivity index (χ1) is 13.9. The lowest BCUT2D eigenvalue weighted by atomic mass is 9.96. The third-order valence-electron chi connectivity index (χ3n) is 6.28. The molecule has 2 amide bonds. The molecule has 160 valence electrons. The van der Waals surface area contributed by atoms with Gasteiger partial charge in [-0.1, -0.05) is 23.7 Å². The molecule has 0 radical (unpaired) electrons. The Kier molecular flexibility index (Phi) is 7.55. The van der Waals surface area contributed by atoms with Crippen LogP contribution in [-0.2, 0) is 9.59 Å². The van der Waals surface area contributed by atoms with E-state index in [9.17, 15) is 9.59 Å². The van der Waals surface area contributed by atoms with E-state index in [0.29, 0.717) is 29.3 Å². The highest BCUT2D eigenvalue weighted by Crippen LogP contribution is 2.24. The third-order valence-corrected chi connectivity index (χ3v) is 6.60. The topological polar surface area (TPSA) is 55.9 Å². The summed E-state index contributed by atoms with van der Waals surface area (Å²) >= 11 is 6.11. The van der Waals surface area contributed by atoms with Gasteiger partial charge >= 0.3 is 0 Å². The highest BCUT2D eigenvalue weighted by Gasteiger charge is 2.35. The first-order valence-corrected chi connectivity index (χ1v) is 11.1. The van der Waals surface area contributed by atoms with E-state index in [1.807, 2.05) is 19.1 Å². The number of nitrogens with one attached hydrogen (secondary N) is 1. The summed E-state index contributed by atoms with van der Waals surface area (Å²) in [5.74, 6) is 0.182. The predicted octanol–water partition coefficient (Wildman–Crippen LogP) is 3.07. The van der Waals surface area contributed by atoms with Crippen molar-refractivity contribution in [2.45, 2.75) is 58.2 Å². The number of para-hydroxylation sites is 1. The van der Waals surface area contributed by atoms with E-state index in [2.05, 4.69) is 33.9 Å². The van der Waals surface area contributed by atoms with E-state index in [1.165, 1.54) is 6.42 Å². The number of piperazine rings is 1. The molecular weight excluding hydrogens is 388 g/mol. The van der Waals surface area contributed by atoms with E-state index in [1.54, 1.807) is 12.1 Å². The highest BCUT2D eigenvalue weighted by atomic mass is 35.5. The van der Waals surface area contributed by atoms with Crippen molar-refractivity contribution in [3.05, 3.63) is 29.3 Å². The number of rotatable bonds is 5. The van der Waals surface area contributed by atoms with Crippen LogP contribution in [0.25, 0.3) is 0 Å². The minimum absolute atomic E-state index is 0.0633. The Bertz CT molecular complexity index is 711. The summed E-state index contributed by atoms with van der Waals surface area (Å²) in [5.41, 5.74) is 0.641. The highest BCUT2D eigenvalue weighted by molar-refractivity contribution is 6.33. The molecule has 0 unspecified atom stereocenters. The van der Waals surface area contributed by atoms with Gasteiger partial charge in [-0.15, -0.1) is 0 Å². The molecule has 7 heteroatoms. The fourth-order valence-corrected chi connectivity index (χ4v) is 4.67. The van der Waals surface area contributed by atoms with Gasteiger partial charge in [0, 0.05) is 38.3 Å². The van der Waals surface area contributed by atoms with Gasteiger partial charge in [0.15, 0.2) is 0 Å². The molecular formula is C22H33ClN4O2. The number of carbonyl (C=O) groups is 2. The Hall–Kier alpha value is -1.63. The molecule has 2 heterocycles. The fraction of sp³-hybridized carbons (Fsp3) is 0.636. The smallest absolute Gasteiger partial charge is 0.240 e. The number of amides is 2. The van der Waals surface area contributed by atoms with Gasteiger partial charge < -0.3 is 10.2 Å². The molecule has 1 aromatic carbocycles. The van der Waals surface area contributed by atoms with Crippen LogP contribution in [-0.4, -0.2) is 77.4 Å². The Morgan fingerprint density at radius 2 is 1.72 bits per heavy atom. The van der Waals surface area contributed by atoms with Crippen molar-refractivity contribution in [1.29, 1.82) is 0 Å². The van der Waals surface area contributed by atoms with Gasteiger partial charge in [0.25, 0.3) is 0 Å². The number of nitrogens with zero attached hydrogens (tertiary/aromatic N) is 3. The molecule has 1 N–H and O–H groups in total. The number of hydrogen-bond acceptors (Lipinski definition) is 4. The van der Waals surface area contributed by atoms with Crippen LogP contribution < -0.4 is 5.32 Å². The van der Waals surface area contributed by atoms with Crippen LogP contribution in [0.5, 0.6) is 0 Å². The summed E-state index contributed by atoms with van der Waals surface area (Å²) in [4.78, 5) is 31.9. The number of anilines is 1. The summed E-state index contributed by atoms with van der Waals surface area (Å²) in [6.07, 6.45) is 3.39. The maximum absolute atomic E-state index is 13.1. The Morgan fingerprint density at radius 3 is 2.34 bits per heavy atom. The molecule has 0 bridgehead atoms. The lowest BCUT2D eigenvalue weighted by Gasteiger charge is -2.44. The second-order valence-corrected chi connectivity index (χ2v) is 8.80. The maximum atomic E-state index is 13.1. The second kappa shape index (κ2) is 9.92. The molecule has 29 heavy (non-hydrogen) atoms. The van der Waals surface area contributed by atoms with Gasteiger partial charge in [-0.25, -0.2) is 0 Å². The molecule has 0 aromatic heterocycles. The SMILES string of the molecule is C[C@H](C(=O)N1[C@H](C)CCC[C@@H]1C)N1CCN(CC(=O)Nc2ccccc2Cl)CC1. The zero-order valence-corrected chi connectivity index (χ0v) is 18.5. The average Bonchev–Trinajstić information content (AvgIpc) is 2.69. The number of carbonyl (C=O) groups excluding carboxylic acids is 2. The van der Waals surface area contributed by atoms with Gasteiger partial charge in [0.05, 0.1) is 23.3 Å². The molecule has 0 saturated carbocycles. The van der Waals surface area contributed by atoms with Crippen LogP contribution in [0.1, 0.15) is 40.0 Å². The summed E-state index contributed by atoms with van der Waals surface area (Å²) in [7, 11) is 0. The van der Waals surface area contributed by atoms with E-state index >= 15 is 0 Å². The van der Waals surface area contributed by atoms with Crippen LogP contribution >= 0.6 is 11.6 Å². The van der Waals surface area contributed by atoms with Gasteiger partial charge in [-0.2, -0.15) is 0 Å². The molecule has 2 aliphatic rings. The lowest BCUT2D eigenvalue weighted by Crippen LogP contribution is -2.58. The van der Waals surface area contributed by atoms with Crippen molar-refractivity contribution >= 4 is 29.1 Å². The van der Waals surface area contributed by atoms with E-state index in [4.69, 9.17) is 11.6 Å². The minimum atomic E-state index is -0.114. The third kappa shape index (κ3) is 5.50. The summed E-state index contributed by atoms with van der Waals surface area (Å²) in [6, 6.07) is 7.78. The Balaban J connectivity index is 1.47. The molecule has 2 fully saturated rings. The minimum Gasteiger partial charge on any atom is -0.336 e. The molecule has 0 spiro atoms. The maximum Gasteiger partial charge on any atom is 0.240 e. The Morgan fingerprint density at radius 1 is 1.10 bits per heavy atom. The van der Waals surface area contributed by atoms with Gasteiger partial charge in [-0.05, 0) is 52.2 Å². The fourth-order valence-electron chi connectivity index (χ4n) is 4.49. The van der Waals surface area contributed by atoms with Gasteiger partial charge in [-0.3, -0.25) is 19.4 Å². The lowest BCUT2D eigenvalue weighted by molar-refractivity contribution is -0.143. The van der Waals surface area contributed by atoms with Crippen molar-refractivity contribution in [1.82, 2.24) is 14.7 Å². The number of piperidine rings is 1. The molecule has 0 aliphatic carbocycles. The molecule has 3 atom stereocenters. The molecule has 1 aromatic rings. The molecule has 3 rings (SSSR count). The summed E-state index contributed by atoms with van der Waals surface area (Å²) < 4.78 is 0. The van der Waals surface area contributed by atoms with Crippen LogP contribution in [0, 0.1) is 0 Å². The van der Waals surface area contributed by atoms with E-state index in [0.717, 1.165) is 39.0 Å². The monoisotopic (exact) mass is 420 g/mol. The van der Waals surface area contributed by atoms with Crippen molar-refractivity contribution < 1.29 is 9.59 Å². The predicted molar refractivity (Wildman–Crippen MR) is 117 cm³/mol. The Labute approximate surface area is 179 Å². The van der Waals surface area contributed by atoms with Crippen LogP contribution in [0.3, 0.4) is 0 Å². The number of likely N-dealkylation sites (tertiary alicyclic amines) is 1. The normalized spacial score (nSPS) is 24.9. The summed E-state index contributed by atoms with van der Waals surface area (Å²) in [6.45, 7) is 9.83. The van der Waals surface area contributed by atoms with Crippen LogP contribution in [0.4, 0.5) is 5.69 Å². The van der Waals surface area contributed by atoms with E-state index < -0.39 is 0 Å². The average molecular weight is 421 g/mol. The second-order valence-electron chi connectivity index (χ2n) is 8.39. The molecule has 6 nitrogen and oxygen atoms in total. The van der Waals surface area contributed by atoms with Crippen molar-refractivity contribution in [2.24, 2.45) is 0 Å². The van der Waals surface area contributed by atoms with E-state index in [-0.39, 0.29) is 17.9 Å². The number of benzene rings is 1. The molecule has 2 saturated heterocycles. The molecule has 2 aliphatic heterocycles. The summed E-state index contributed by atoms with van der Waals surface area (Å²) in [5, 5.41) is 3.42.